The minimum Gasteiger partial charge on any atom is -0.308 e. The summed E-state index contributed by atoms with van der Waals surface area (Å²) in [5.74, 6) is 0. The first-order valence-corrected chi connectivity index (χ1v) is 7.12. The Kier molecular flexibility index (Phi) is 4.10. The second kappa shape index (κ2) is 5.43. The molecule has 0 saturated carbocycles. The maximum atomic E-state index is 5.91. The van der Waals surface area contributed by atoms with Crippen molar-refractivity contribution in [3.8, 4) is 0 Å². The van der Waals surface area contributed by atoms with Crippen molar-refractivity contribution in [1.29, 1.82) is 0 Å². The van der Waals surface area contributed by atoms with Gasteiger partial charge in [0.05, 0.1) is 17.1 Å². The van der Waals surface area contributed by atoms with E-state index in [4.69, 9.17) is 11.6 Å². The molecule has 0 aliphatic heterocycles. The van der Waals surface area contributed by atoms with E-state index in [9.17, 15) is 0 Å². The lowest BCUT2D eigenvalue weighted by molar-refractivity contribution is 0.424. The van der Waals surface area contributed by atoms with Crippen molar-refractivity contribution in [2.24, 2.45) is 0 Å². The van der Waals surface area contributed by atoms with Crippen LogP contribution in [-0.4, -0.2) is 15.3 Å². The third-order valence-electron chi connectivity index (χ3n) is 2.46. The molecular weight excluding hydrogens is 266 g/mol. The van der Waals surface area contributed by atoms with Crippen LogP contribution >= 0.6 is 22.9 Å². The van der Waals surface area contributed by atoms with Gasteiger partial charge in [-0.3, -0.25) is 4.68 Å². The highest BCUT2D eigenvalue weighted by atomic mass is 35.5. The molecule has 98 valence electrons. The van der Waals surface area contributed by atoms with Crippen molar-refractivity contribution in [2.75, 3.05) is 0 Å². The van der Waals surface area contributed by atoms with E-state index in [1.54, 1.807) is 11.3 Å². The SMILES string of the molecule is CC(C)(C)NCc1cnn(Cc2ccc(Cl)s2)c1. The molecule has 0 aromatic carbocycles. The molecule has 0 atom stereocenters. The van der Waals surface area contributed by atoms with Crippen LogP contribution in [0.2, 0.25) is 4.34 Å². The van der Waals surface area contributed by atoms with Crippen LogP contribution in [0, 0.1) is 0 Å². The van der Waals surface area contributed by atoms with Crippen LogP contribution in [0.15, 0.2) is 24.5 Å². The quantitative estimate of drug-likeness (QED) is 0.930. The molecule has 0 saturated heterocycles. The normalized spacial score (nSPS) is 12.0. The second-order valence-corrected chi connectivity index (χ2v) is 7.16. The summed E-state index contributed by atoms with van der Waals surface area (Å²) in [6, 6.07) is 3.97. The van der Waals surface area contributed by atoms with E-state index in [1.165, 1.54) is 10.4 Å². The molecule has 5 heteroatoms. The van der Waals surface area contributed by atoms with Crippen LogP contribution < -0.4 is 5.32 Å². The van der Waals surface area contributed by atoms with E-state index >= 15 is 0 Å². The van der Waals surface area contributed by atoms with Gasteiger partial charge in [0.15, 0.2) is 0 Å². The number of hydrogen-bond donors (Lipinski definition) is 1. The molecule has 2 aromatic rings. The topological polar surface area (TPSA) is 29.9 Å². The average Bonchev–Trinajstić information content (AvgIpc) is 2.85. The molecule has 0 amide bonds. The van der Waals surface area contributed by atoms with Crippen molar-refractivity contribution in [2.45, 2.75) is 39.4 Å². The fraction of sp³-hybridized carbons (Fsp3) is 0.462. The van der Waals surface area contributed by atoms with Gasteiger partial charge in [-0.05, 0) is 32.9 Å². The van der Waals surface area contributed by atoms with E-state index in [1.807, 2.05) is 23.0 Å². The second-order valence-electron chi connectivity index (χ2n) is 5.36. The number of hydrogen-bond acceptors (Lipinski definition) is 3. The Morgan fingerprint density at radius 2 is 2.17 bits per heavy atom. The molecule has 0 aliphatic carbocycles. The lowest BCUT2D eigenvalue weighted by Gasteiger charge is -2.19. The van der Waals surface area contributed by atoms with Crippen molar-refractivity contribution in [3.63, 3.8) is 0 Å². The summed E-state index contributed by atoms with van der Waals surface area (Å²) in [4.78, 5) is 1.22. The van der Waals surface area contributed by atoms with Gasteiger partial charge in [-0.15, -0.1) is 11.3 Å². The molecule has 2 heterocycles. The highest BCUT2D eigenvalue weighted by Crippen LogP contribution is 2.22. The van der Waals surface area contributed by atoms with E-state index < -0.39 is 0 Å². The van der Waals surface area contributed by atoms with Gasteiger partial charge in [0, 0.05) is 28.7 Å². The minimum atomic E-state index is 0.128. The van der Waals surface area contributed by atoms with Gasteiger partial charge in [-0.25, -0.2) is 0 Å². The van der Waals surface area contributed by atoms with Crippen molar-refractivity contribution in [3.05, 3.63) is 39.3 Å². The highest BCUT2D eigenvalue weighted by molar-refractivity contribution is 7.16. The van der Waals surface area contributed by atoms with E-state index in [0.29, 0.717) is 0 Å². The summed E-state index contributed by atoms with van der Waals surface area (Å²) < 4.78 is 2.77. The van der Waals surface area contributed by atoms with Crippen LogP contribution in [0.3, 0.4) is 0 Å². The average molecular weight is 284 g/mol. The van der Waals surface area contributed by atoms with Crippen LogP contribution in [0.1, 0.15) is 31.2 Å². The standard InChI is InChI=1S/C13H18ClN3S/c1-13(2,3)15-6-10-7-16-17(8-10)9-11-4-5-12(14)18-11/h4-5,7-8,15H,6,9H2,1-3H3. The smallest absolute Gasteiger partial charge is 0.0931 e. The Hall–Kier alpha value is -0.840. The number of nitrogens with zero attached hydrogens (tertiary/aromatic N) is 2. The first kappa shape index (κ1) is 13.6. The number of nitrogens with one attached hydrogen (secondary N) is 1. The first-order chi connectivity index (χ1) is 8.42. The molecule has 3 nitrogen and oxygen atoms in total. The molecule has 1 N–H and O–H groups in total. The fourth-order valence-electron chi connectivity index (χ4n) is 1.55. The molecular formula is C13H18ClN3S. The van der Waals surface area contributed by atoms with Crippen LogP contribution in [-0.2, 0) is 13.1 Å². The number of thiophene rings is 1. The van der Waals surface area contributed by atoms with Crippen LogP contribution in [0.25, 0.3) is 0 Å². The lowest BCUT2D eigenvalue weighted by Crippen LogP contribution is -2.34. The van der Waals surface area contributed by atoms with Gasteiger partial charge in [-0.1, -0.05) is 11.6 Å². The molecule has 0 fully saturated rings. The Balaban J connectivity index is 1.94. The van der Waals surface area contributed by atoms with E-state index in [0.717, 1.165) is 17.4 Å². The van der Waals surface area contributed by atoms with Crippen LogP contribution in [0.4, 0.5) is 0 Å². The van der Waals surface area contributed by atoms with Gasteiger partial charge in [0.25, 0.3) is 0 Å². The van der Waals surface area contributed by atoms with E-state index in [-0.39, 0.29) is 5.54 Å². The molecule has 0 spiro atoms. The summed E-state index contributed by atoms with van der Waals surface area (Å²) in [6.45, 7) is 8.10. The molecule has 18 heavy (non-hydrogen) atoms. The van der Waals surface area contributed by atoms with Gasteiger partial charge in [0.2, 0.25) is 0 Å². The number of halogens is 1. The number of rotatable bonds is 4. The molecule has 2 aromatic heterocycles. The third-order valence-corrected chi connectivity index (χ3v) is 3.67. The Labute approximate surface area is 117 Å². The summed E-state index contributed by atoms with van der Waals surface area (Å²) in [5, 5.41) is 7.81. The Morgan fingerprint density at radius 1 is 1.39 bits per heavy atom. The van der Waals surface area contributed by atoms with Crippen molar-refractivity contribution >= 4 is 22.9 Å². The van der Waals surface area contributed by atoms with Gasteiger partial charge in [-0.2, -0.15) is 5.10 Å². The maximum absolute atomic E-state index is 5.91. The summed E-state index contributed by atoms with van der Waals surface area (Å²) in [7, 11) is 0. The fourth-order valence-corrected chi connectivity index (χ4v) is 2.63. The molecule has 0 aliphatic rings. The largest absolute Gasteiger partial charge is 0.308 e. The van der Waals surface area contributed by atoms with Gasteiger partial charge < -0.3 is 5.32 Å². The Bertz CT molecular complexity index is 510. The maximum Gasteiger partial charge on any atom is 0.0931 e. The predicted octanol–water partition coefficient (Wildman–Crippen LogP) is 3.53. The van der Waals surface area contributed by atoms with Crippen LogP contribution in [0.5, 0.6) is 0 Å². The lowest BCUT2D eigenvalue weighted by atomic mass is 10.1. The zero-order valence-corrected chi connectivity index (χ0v) is 12.5. The highest BCUT2D eigenvalue weighted by Gasteiger charge is 2.09. The molecule has 0 unspecified atom stereocenters. The zero-order valence-electron chi connectivity index (χ0n) is 10.9. The van der Waals surface area contributed by atoms with Gasteiger partial charge >= 0.3 is 0 Å². The predicted molar refractivity (Wildman–Crippen MR) is 77.3 cm³/mol. The number of aromatic nitrogens is 2. The third kappa shape index (κ3) is 4.12. The zero-order chi connectivity index (χ0) is 13.2. The minimum absolute atomic E-state index is 0.128. The molecule has 2 rings (SSSR count). The van der Waals surface area contributed by atoms with Crippen molar-refractivity contribution in [1.82, 2.24) is 15.1 Å². The monoisotopic (exact) mass is 283 g/mol. The summed E-state index contributed by atoms with van der Waals surface area (Å²) in [5.41, 5.74) is 1.33. The van der Waals surface area contributed by atoms with Crippen molar-refractivity contribution < 1.29 is 0 Å². The summed E-state index contributed by atoms with van der Waals surface area (Å²) in [6.07, 6.45) is 3.99. The first-order valence-electron chi connectivity index (χ1n) is 5.93. The Morgan fingerprint density at radius 3 is 2.78 bits per heavy atom. The molecule has 0 bridgehead atoms. The molecule has 0 radical (unpaired) electrons. The van der Waals surface area contributed by atoms with E-state index in [2.05, 4.69) is 37.4 Å². The van der Waals surface area contributed by atoms with Gasteiger partial charge in [0.1, 0.15) is 0 Å². The summed E-state index contributed by atoms with van der Waals surface area (Å²) >= 11 is 7.51.